The topological polar surface area (TPSA) is 58.4 Å². The number of nitrogens with zero attached hydrogens (tertiary/aromatic N) is 1. The third-order valence-corrected chi connectivity index (χ3v) is 3.44. The molecule has 1 fully saturated rings. The first kappa shape index (κ1) is 12.7. The van der Waals surface area contributed by atoms with Crippen LogP contribution in [0, 0.1) is 0 Å². The van der Waals surface area contributed by atoms with Crippen LogP contribution in [0.25, 0.3) is 0 Å². The molecule has 0 aromatic heterocycles. The molecular weight excluding hydrogens is 226 g/mol. The van der Waals surface area contributed by atoms with Crippen molar-refractivity contribution in [1.82, 2.24) is 5.32 Å². The molecule has 1 aliphatic heterocycles. The van der Waals surface area contributed by atoms with Gasteiger partial charge in [-0.2, -0.15) is 0 Å². The molecule has 3 N–H and O–H groups in total. The first-order chi connectivity index (χ1) is 8.72. The molecule has 4 nitrogen and oxygen atoms in total. The maximum Gasteiger partial charge on any atom is 0.253 e. The van der Waals surface area contributed by atoms with Gasteiger partial charge in [0, 0.05) is 25.8 Å². The molecule has 0 spiro atoms. The van der Waals surface area contributed by atoms with Crippen LogP contribution in [0.2, 0.25) is 0 Å². The quantitative estimate of drug-likeness (QED) is 0.786. The van der Waals surface area contributed by atoms with E-state index in [1.807, 2.05) is 12.1 Å². The SMILES string of the molecule is CNC(=O)c1ccc(N)cc1N1CCCCCC1. The molecule has 1 heterocycles. The fraction of sp³-hybridized carbons (Fsp3) is 0.500. The summed E-state index contributed by atoms with van der Waals surface area (Å²) in [5.74, 6) is -0.0470. The Morgan fingerprint density at radius 3 is 2.50 bits per heavy atom. The Morgan fingerprint density at radius 1 is 1.22 bits per heavy atom. The largest absolute Gasteiger partial charge is 0.399 e. The maximum atomic E-state index is 11.9. The van der Waals surface area contributed by atoms with Crippen molar-refractivity contribution in [1.29, 1.82) is 0 Å². The van der Waals surface area contributed by atoms with E-state index in [1.165, 1.54) is 25.7 Å². The summed E-state index contributed by atoms with van der Waals surface area (Å²) in [5, 5.41) is 2.69. The number of hydrogen-bond acceptors (Lipinski definition) is 3. The number of rotatable bonds is 2. The van der Waals surface area contributed by atoms with Gasteiger partial charge < -0.3 is 16.0 Å². The van der Waals surface area contributed by atoms with Gasteiger partial charge in [-0.25, -0.2) is 0 Å². The molecule has 0 bridgehead atoms. The van der Waals surface area contributed by atoms with Gasteiger partial charge in [-0.15, -0.1) is 0 Å². The van der Waals surface area contributed by atoms with Crippen molar-refractivity contribution in [2.75, 3.05) is 30.8 Å². The summed E-state index contributed by atoms with van der Waals surface area (Å²) in [6.45, 7) is 2.01. The Kier molecular flexibility index (Phi) is 4.07. The zero-order valence-electron chi connectivity index (χ0n) is 10.9. The molecule has 1 aromatic carbocycles. The number of nitrogens with two attached hydrogens (primary N) is 1. The molecule has 1 amide bonds. The van der Waals surface area contributed by atoms with Gasteiger partial charge in [-0.05, 0) is 31.0 Å². The summed E-state index contributed by atoms with van der Waals surface area (Å²) in [4.78, 5) is 14.2. The molecule has 0 atom stereocenters. The summed E-state index contributed by atoms with van der Waals surface area (Å²) in [6, 6.07) is 5.51. The molecule has 2 rings (SSSR count). The lowest BCUT2D eigenvalue weighted by Crippen LogP contribution is -2.28. The fourth-order valence-electron chi connectivity index (χ4n) is 2.45. The van der Waals surface area contributed by atoms with Crippen molar-refractivity contribution in [3.05, 3.63) is 23.8 Å². The smallest absolute Gasteiger partial charge is 0.253 e. The molecule has 1 aliphatic rings. The molecule has 4 heteroatoms. The van der Waals surface area contributed by atoms with E-state index in [4.69, 9.17) is 5.73 Å². The van der Waals surface area contributed by atoms with Gasteiger partial charge >= 0.3 is 0 Å². The van der Waals surface area contributed by atoms with Crippen molar-refractivity contribution < 1.29 is 4.79 Å². The lowest BCUT2D eigenvalue weighted by atomic mass is 10.1. The number of amides is 1. The summed E-state index contributed by atoms with van der Waals surface area (Å²) >= 11 is 0. The first-order valence-corrected chi connectivity index (χ1v) is 6.59. The first-order valence-electron chi connectivity index (χ1n) is 6.59. The summed E-state index contributed by atoms with van der Waals surface area (Å²) in [5.41, 5.74) is 8.25. The van der Waals surface area contributed by atoms with Crippen molar-refractivity contribution in [3.8, 4) is 0 Å². The molecule has 0 saturated carbocycles. The van der Waals surface area contributed by atoms with Gasteiger partial charge in [-0.1, -0.05) is 12.8 Å². The monoisotopic (exact) mass is 247 g/mol. The Balaban J connectivity index is 2.33. The normalized spacial score (nSPS) is 16.2. The van der Waals surface area contributed by atoms with Crippen LogP contribution in [0.15, 0.2) is 18.2 Å². The second kappa shape index (κ2) is 5.76. The lowest BCUT2D eigenvalue weighted by molar-refractivity contribution is 0.0963. The number of carbonyl (C=O) groups is 1. The fourth-order valence-corrected chi connectivity index (χ4v) is 2.45. The zero-order valence-corrected chi connectivity index (χ0v) is 10.9. The van der Waals surface area contributed by atoms with Gasteiger partial charge in [0.2, 0.25) is 0 Å². The van der Waals surface area contributed by atoms with Crippen molar-refractivity contribution in [2.24, 2.45) is 0 Å². The van der Waals surface area contributed by atoms with Crippen LogP contribution in [0.1, 0.15) is 36.0 Å². The number of nitrogens with one attached hydrogen (secondary N) is 1. The molecular formula is C14H21N3O. The predicted octanol–water partition coefficient (Wildman–Crippen LogP) is 2.01. The highest BCUT2D eigenvalue weighted by Gasteiger charge is 2.17. The van der Waals surface area contributed by atoms with Crippen molar-refractivity contribution in [2.45, 2.75) is 25.7 Å². The van der Waals surface area contributed by atoms with E-state index in [-0.39, 0.29) is 5.91 Å². The van der Waals surface area contributed by atoms with E-state index in [0.29, 0.717) is 11.3 Å². The Bertz CT molecular complexity index is 423. The van der Waals surface area contributed by atoms with Gasteiger partial charge in [0.1, 0.15) is 0 Å². The van der Waals surface area contributed by atoms with E-state index < -0.39 is 0 Å². The molecule has 1 aromatic rings. The molecule has 98 valence electrons. The van der Waals surface area contributed by atoms with E-state index in [9.17, 15) is 4.79 Å². The minimum absolute atomic E-state index is 0.0470. The minimum Gasteiger partial charge on any atom is -0.399 e. The van der Waals surface area contributed by atoms with Crippen LogP contribution in [0.3, 0.4) is 0 Å². The van der Waals surface area contributed by atoms with Crippen LogP contribution in [0.5, 0.6) is 0 Å². The lowest BCUT2D eigenvalue weighted by Gasteiger charge is -2.25. The van der Waals surface area contributed by atoms with Crippen molar-refractivity contribution >= 4 is 17.3 Å². The van der Waals surface area contributed by atoms with Gasteiger partial charge in [0.05, 0.1) is 11.3 Å². The number of anilines is 2. The highest BCUT2D eigenvalue weighted by molar-refractivity contribution is 6.00. The van der Waals surface area contributed by atoms with E-state index >= 15 is 0 Å². The summed E-state index contributed by atoms with van der Waals surface area (Å²) < 4.78 is 0. The average molecular weight is 247 g/mol. The second-order valence-corrected chi connectivity index (χ2v) is 4.76. The van der Waals surface area contributed by atoms with E-state index in [2.05, 4.69) is 10.2 Å². The Morgan fingerprint density at radius 2 is 1.89 bits per heavy atom. The number of benzene rings is 1. The second-order valence-electron chi connectivity index (χ2n) is 4.76. The van der Waals surface area contributed by atoms with Gasteiger partial charge in [-0.3, -0.25) is 4.79 Å². The van der Waals surface area contributed by atoms with E-state index in [0.717, 1.165) is 18.8 Å². The Hall–Kier alpha value is -1.71. The van der Waals surface area contributed by atoms with Crippen LogP contribution in [-0.2, 0) is 0 Å². The highest BCUT2D eigenvalue weighted by Crippen LogP contribution is 2.26. The maximum absolute atomic E-state index is 11.9. The average Bonchev–Trinajstić information content (AvgIpc) is 2.66. The molecule has 0 unspecified atom stereocenters. The molecule has 18 heavy (non-hydrogen) atoms. The standard InChI is InChI=1S/C14H21N3O/c1-16-14(18)12-7-6-11(15)10-13(12)17-8-4-2-3-5-9-17/h6-7,10H,2-5,8-9,15H2,1H3,(H,16,18). The van der Waals surface area contributed by atoms with Crippen LogP contribution in [0.4, 0.5) is 11.4 Å². The van der Waals surface area contributed by atoms with Gasteiger partial charge in [0.15, 0.2) is 0 Å². The van der Waals surface area contributed by atoms with Crippen LogP contribution in [-0.4, -0.2) is 26.0 Å². The molecule has 0 aliphatic carbocycles. The van der Waals surface area contributed by atoms with Crippen LogP contribution < -0.4 is 16.0 Å². The summed E-state index contributed by atoms with van der Waals surface area (Å²) in [6.07, 6.45) is 4.91. The van der Waals surface area contributed by atoms with Crippen molar-refractivity contribution in [3.63, 3.8) is 0 Å². The predicted molar refractivity (Wildman–Crippen MR) is 74.9 cm³/mol. The third-order valence-electron chi connectivity index (χ3n) is 3.44. The number of nitrogen functional groups attached to an aromatic ring is 1. The Labute approximate surface area is 108 Å². The number of carbonyl (C=O) groups excluding carboxylic acids is 1. The van der Waals surface area contributed by atoms with E-state index in [1.54, 1.807) is 13.1 Å². The summed E-state index contributed by atoms with van der Waals surface area (Å²) in [7, 11) is 1.66. The highest BCUT2D eigenvalue weighted by atomic mass is 16.1. The minimum atomic E-state index is -0.0470. The van der Waals surface area contributed by atoms with Crippen LogP contribution >= 0.6 is 0 Å². The zero-order chi connectivity index (χ0) is 13.0. The molecule has 1 saturated heterocycles. The number of hydrogen-bond donors (Lipinski definition) is 2. The molecule has 0 radical (unpaired) electrons. The third kappa shape index (κ3) is 2.75. The van der Waals surface area contributed by atoms with Gasteiger partial charge in [0.25, 0.3) is 5.91 Å².